The van der Waals surface area contributed by atoms with Crippen LogP contribution in [0.1, 0.15) is 25.3 Å². The quantitative estimate of drug-likeness (QED) is 0.720. The van der Waals surface area contributed by atoms with E-state index in [1.165, 1.54) is 0 Å². The molecule has 1 fully saturated rings. The Morgan fingerprint density at radius 2 is 1.93 bits per heavy atom. The second-order valence-electron chi connectivity index (χ2n) is 6.69. The van der Waals surface area contributed by atoms with Crippen molar-refractivity contribution >= 4 is 11.6 Å². The van der Waals surface area contributed by atoms with Crippen LogP contribution in [-0.2, 0) is 4.79 Å². The van der Waals surface area contributed by atoms with E-state index >= 15 is 0 Å². The summed E-state index contributed by atoms with van der Waals surface area (Å²) in [4.78, 5) is 16.5. The van der Waals surface area contributed by atoms with Gasteiger partial charge in [0.05, 0.1) is 12.3 Å². The monoisotopic (exact) mass is 362 g/mol. The normalized spacial score (nSPS) is 13.4. The van der Waals surface area contributed by atoms with E-state index in [2.05, 4.69) is 15.4 Å². The first kappa shape index (κ1) is 17.3. The van der Waals surface area contributed by atoms with Crippen molar-refractivity contribution in [2.75, 3.05) is 11.9 Å². The number of nitrogens with zero attached hydrogens (tertiary/aromatic N) is 3. The van der Waals surface area contributed by atoms with Crippen molar-refractivity contribution in [1.82, 2.24) is 14.8 Å². The van der Waals surface area contributed by atoms with Gasteiger partial charge in [-0.25, -0.2) is 4.68 Å². The zero-order valence-electron chi connectivity index (χ0n) is 15.5. The molecule has 0 bridgehead atoms. The molecule has 3 aromatic rings. The highest BCUT2D eigenvalue weighted by molar-refractivity contribution is 5.94. The summed E-state index contributed by atoms with van der Waals surface area (Å²) >= 11 is 0. The Morgan fingerprint density at radius 3 is 2.59 bits per heavy atom. The van der Waals surface area contributed by atoms with Crippen molar-refractivity contribution in [3.63, 3.8) is 0 Å². The Hall–Kier alpha value is -3.15. The zero-order chi connectivity index (χ0) is 18.8. The first-order valence-corrected chi connectivity index (χ1v) is 9.23. The Kier molecular flexibility index (Phi) is 4.62. The van der Waals surface area contributed by atoms with E-state index in [1.54, 1.807) is 4.68 Å². The average molecular weight is 362 g/mol. The van der Waals surface area contributed by atoms with Crippen molar-refractivity contribution in [1.29, 1.82) is 0 Å². The largest absolute Gasteiger partial charge is 0.463 e. The molecule has 1 heterocycles. The van der Waals surface area contributed by atoms with Crippen LogP contribution in [0.25, 0.3) is 17.1 Å². The van der Waals surface area contributed by atoms with Crippen LogP contribution >= 0.6 is 0 Å². The second kappa shape index (κ2) is 7.23. The fraction of sp³-hybridized carbons (Fsp3) is 0.286. The minimum Gasteiger partial charge on any atom is -0.463 e. The summed E-state index contributed by atoms with van der Waals surface area (Å²) in [5.41, 5.74) is 3.76. The van der Waals surface area contributed by atoms with Crippen LogP contribution in [0.3, 0.4) is 0 Å². The maximum atomic E-state index is 11.9. The molecule has 0 spiro atoms. The summed E-state index contributed by atoms with van der Waals surface area (Å²) in [7, 11) is 0. The molecule has 1 aromatic heterocycles. The van der Waals surface area contributed by atoms with Crippen LogP contribution in [0.2, 0.25) is 0 Å². The first-order chi connectivity index (χ1) is 13.2. The van der Waals surface area contributed by atoms with Gasteiger partial charge in [-0.15, -0.1) is 5.10 Å². The molecule has 6 nitrogen and oxygen atoms in total. The number of anilines is 1. The van der Waals surface area contributed by atoms with Gasteiger partial charge in [0.15, 0.2) is 5.82 Å². The second-order valence-corrected chi connectivity index (χ2v) is 6.69. The van der Waals surface area contributed by atoms with E-state index in [1.807, 2.05) is 62.4 Å². The van der Waals surface area contributed by atoms with Crippen molar-refractivity contribution in [3.05, 3.63) is 54.1 Å². The summed E-state index contributed by atoms with van der Waals surface area (Å²) < 4.78 is 7.30. The van der Waals surface area contributed by atoms with Crippen LogP contribution in [0, 0.1) is 12.8 Å². The third kappa shape index (κ3) is 3.69. The molecule has 4 rings (SSSR count). The third-order valence-electron chi connectivity index (χ3n) is 4.57. The van der Waals surface area contributed by atoms with Crippen molar-refractivity contribution < 1.29 is 9.53 Å². The fourth-order valence-electron chi connectivity index (χ4n) is 2.94. The zero-order valence-corrected chi connectivity index (χ0v) is 15.5. The minimum atomic E-state index is 0.0998. The maximum Gasteiger partial charge on any atom is 0.336 e. The highest BCUT2D eigenvalue weighted by Crippen LogP contribution is 2.30. The molecule has 2 aromatic carbocycles. The summed E-state index contributed by atoms with van der Waals surface area (Å²) in [6.45, 7) is 4.46. The molecular weight excluding hydrogens is 340 g/mol. The number of hydrogen-bond donors (Lipinski definition) is 1. The van der Waals surface area contributed by atoms with Crippen LogP contribution < -0.4 is 10.1 Å². The van der Waals surface area contributed by atoms with Crippen molar-refractivity contribution in [2.45, 2.75) is 26.7 Å². The lowest BCUT2D eigenvalue weighted by Gasteiger charge is -2.09. The number of nitrogens with one attached hydrogen (secondary N) is 1. The smallest absolute Gasteiger partial charge is 0.336 e. The van der Waals surface area contributed by atoms with Crippen molar-refractivity contribution in [3.8, 4) is 23.1 Å². The third-order valence-corrected chi connectivity index (χ3v) is 4.57. The number of aryl methyl sites for hydroxylation is 1. The van der Waals surface area contributed by atoms with Gasteiger partial charge >= 0.3 is 6.01 Å². The highest BCUT2D eigenvalue weighted by atomic mass is 16.5. The summed E-state index contributed by atoms with van der Waals surface area (Å²) in [6, 6.07) is 16.0. The molecule has 0 saturated heterocycles. The number of hydrogen-bond acceptors (Lipinski definition) is 4. The van der Waals surface area contributed by atoms with E-state index in [0.717, 1.165) is 41.2 Å². The summed E-state index contributed by atoms with van der Waals surface area (Å²) in [5, 5.41) is 7.47. The van der Waals surface area contributed by atoms with E-state index in [-0.39, 0.29) is 11.8 Å². The van der Waals surface area contributed by atoms with Gasteiger partial charge in [0.25, 0.3) is 0 Å². The number of aromatic nitrogens is 3. The maximum absolute atomic E-state index is 11.9. The highest BCUT2D eigenvalue weighted by Gasteiger charge is 2.29. The van der Waals surface area contributed by atoms with Gasteiger partial charge in [-0.1, -0.05) is 24.3 Å². The molecule has 1 saturated carbocycles. The molecule has 138 valence electrons. The van der Waals surface area contributed by atoms with Crippen LogP contribution in [0.5, 0.6) is 6.01 Å². The van der Waals surface area contributed by atoms with Crippen LogP contribution in [0.4, 0.5) is 5.69 Å². The predicted molar refractivity (Wildman–Crippen MR) is 104 cm³/mol. The van der Waals surface area contributed by atoms with Crippen molar-refractivity contribution in [2.24, 2.45) is 5.92 Å². The van der Waals surface area contributed by atoms with Crippen LogP contribution in [-0.4, -0.2) is 27.3 Å². The van der Waals surface area contributed by atoms with Gasteiger partial charge in [-0.2, -0.15) is 4.98 Å². The van der Waals surface area contributed by atoms with Gasteiger partial charge < -0.3 is 10.1 Å². The molecular formula is C21H22N4O2. The molecule has 1 N–H and O–H groups in total. The van der Waals surface area contributed by atoms with Crippen LogP contribution in [0.15, 0.2) is 48.5 Å². The topological polar surface area (TPSA) is 69.0 Å². The van der Waals surface area contributed by atoms with Gasteiger partial charge in [0.1, 0.15) is 0 Å². The lowest BCUT2D eigenvalue weighted by Crippen LogP contribution is -2.13. The lowest BCUT2D eigenvalue weighted by atomic mass is 10.1. The molecule has 0 atom stereocenters. The fourth-order valence-corrected chi connectivity index (χ4v) is 2.94. The Balaban J connectivity index is 1.67. The summed E-state index contributed by atoms with van der Waals surface area (Å²) in [5.74, 6) is 1.01. The molecule has 6 heteroatoms. The van der Waals surface area contributed by atoms with Gasteiger partial charge in [0.2, 0.25) is 5.91 Å². The Morgan fingerprint density at radius 1 is 1.19 bits per heavy atom. The SMILES string of the molecule is CCOc1nc(-c2ccccc2C)n(-c2ccc(NC(=O)C3CC3)cc2)n1. The van der Waals surface area contributed by atoms with Gasteiger partial charge in [0, 0.05) is 17.2 Å². The number of benzene rings is 2. The number of carbonyl (C=O) groups excluding carboxylic acids is 1. The Labute approximate surface area is 158 Å². The average Bonchev–Trinajstić information content (AvgIpc) is 3.44. The number of carbonyl (C=O) groups is 1. The van der Waals surface area contributed by atoms with E-state index in [0.29, 0.717) is 12.6 Å². The predicted octanol–water partition coefficient (Wildman–Crippen LogP) is 3.99. The molecule has 0 unspecified atom stereocenters. The molecule has 1 aliphatic rings. The molecule has 1 amide bonds. The molecule has 27 heavy (non-hydrogen) atoms. The van der Waals surface area contributed by atoms with E-state index < -0.39 is 0 Å². The van der Waals surface area contributed by atoms with Gasteiger partial charge in [-0.05, 0) is 56.5 Å². The molecule has 1 aliphatic carbocycles. The number of amides is 1. The molecule has 0 aliphatic heterocycles. The summed E-state index contributed by atoms with van der Waals surface area (Å²) in [6.07, 6.45) is 1.98. The van der Waals surface area contributed by atoms with E-state index in [9.17, 15) is 4.79 Å². The Bertz CT molecular complexity index is 959. The molecule has 0 radical (unpaired) electrons. The van der Waals surface area contributed by atoms with E-state index in [4.69, 9.17) is 4.74 Å². The van der Waals surface area contributed by atoms with Gasteiger partial charge in [-0.3, -0.25) is 4.79 Å². The first-order valence-electron chi connectivity index (χ1n) is 9.23. The number of rotatable bonds is 6. The number of ether oxygens (including phenoxy) is 1. The minimum absolute atomic E-state index is 0.0998. The lowest BCUT2D eigenvalue weighted by molar-refractivity contribution is -0.117. The standard InChI is InChI=1S/C21H22N4O2/c1-3-27-21-23-19(18-7-5-4-6-14(18)2)25(24-21)17-12-10-16(11-13-17)22-20(26)15-8-9-15/h4-7,10-13,15H,3,8-9H2,1-2H3,(H,22,26).